The minimum atomic E-state index is -3.96. The number of nitrogens with zero attached hydrogens (tertiary/aromatic N) is 1. The van der Waals surface area contributed by atoms with E-state index in [0.29, 0.717) is 35.6 Å². The van der Waals surface area contributed by atoms with Gasteiger partial charge in [-0.05, 0) is 56.0 Å². The lowest BCUT2D eigenvalue weighted by atomic mass is 10.1. The van der Waals surface area contributed by atoms with Crippen molar-refractivity contribution in [2.45, 2.75) is 50.3 Å². The summed E-state index contributed by atoms with van der Waals surface area (Å²) in [5.74, 6) is 0.350. The highest BCUT2D eigenvalue weighted by Crippen LogP contribution is 2.37. The van der Waals surface area contributed by atoms with Crippen molar-refractivity contribution in [2.24, 2.45) is 0 Å². The lowest BCUT2D eigenvalue weighted by molar-refractivity contribution is -0.124. The summed E-state index contributed by atoms with van der Waals surface area (Å²) in [7, 11) is -2.39. The van der Waals surface area contributed by atoms with Crippen LogP contribution in [0.15, 0.2) is 41.3 Å². The van der Waals surface area contributed by atoms with Gasteiger partial charge in [-0.15, -0.1) is 0 Å². The van der Waals surface area contributed by atoms with Crippen molar-refractivity contribution < 1.29 is 27.5 Å². The molecule has 2 aromatic carbocycles. The highest BCUT2D eigenvalue weighted by atomic mass is 32.2. The van der Waals surface area contributed by atoms with E-state index in [0.717, 1.165) is 5.56 Å². The molecule has 2 heterocycles. The Hall–Kier alpha value is -3.11. The van der Waals surface area contributed by atoms with E-state index in [4.69, 9.17) is 9.47 Å². The number of anilines is 1. The van der Waals surface area contributed by atoms with Gasteiger partial charge in [0.2, 0.25) is 15.9 Å². The molecule has 2 amide bonds. The molecule has 0 unspecified atom stereocenters. The van der Waals surface area contributed by atoms with Gasteiger partial charge in [0.1, 0.15) is 17.5 Å². The summed E-state index contributed by atoms with van der Waals surface area (Å²) in [6.07, 6.45) is 0.304. The number of fused-ring (bicyclic) bond motifs is 1. The molecule has 2 aromatic rings. The Labute approximate surface area is 193 Å². The van der Waals surface area contributed by atoms with E-state index < -0.39 is 22.2 Å². The summed E-state index contributed by atoms with van der Waals surface area (Å²) in [4.78, 5) is 24.9. The second-order valence-corrected chi connectivity index (χ2v) is 10.1. The number of amides is 2. The first-order valence-electron chi connectivity index (χ1n) is 10.8. The number of hydrogen-bond acceptors (Lipinski definition) is 6. The van der Waals surface area contributed by atoms with Crippen LogP contribution >= 0.6 is 0 Å². The largest absolute Gasteiger partial charge is 0.497 e. The van der Waals surface area contributed by atoms with Crippen molar-refractivity contribution in [3.63, 3.8) is 0 Å². The van der Waals surface area contributed by atoms with E-state index in [2.05, 4.69) is 10.6 Å². The van der Waals surface area contributed by atoms with Gasteiger partial charge in [0, 0.05) is 19.2 Å². The summed E-state index contributed by atoms with van der Waals surface area (Å²) in [6, 6.07) is 9.54. The number of carbonyl (C=O) groups is 2. The first kappa shape index (κ1) is 23.1. The molecule has 0 radical (unpaired) electrons. The minimum Gasteiger partial charge on any atom is -0.497 e. The van der Waals surface area contributed by atoms with Crippen LogP contribution in [0.25, 0.3) is 0 Å². The summed E-state index contributed by atoms with van der Waals surface area (Å²) in [6.45, 7) is 3.77. The first-order valence-corrected chi connectivity index (χ1v) is 12.2. The van der Waals surface area contributed by atoms with E-state index in [1.807, 2.05) is 24.3 Å². The third kappa shape index (κ3) is 4.53. The van der Waals surface area contributed by atoms with Crippen molar-refractivity contribution in [1.82, 2.24) is 9.62 Å². The number of carbonyl (C=O) groups excluding carboxylic acids is 2. The van der Waals surface area contributed by atoms with Gasteiger partial charge >= 0.3 is 0 Å². The SMILES string of the molecule is COc1cccc(CNC(=O)[C@H]2CCCN2S(=O)(=O)c2cc3c(cc2C)NC(=O)[C@H](C)O3)c1. The molecule has 176 valence electrons. The van der Waals surface area contributed by atoms with E-state index in [-0.39, 0.29) is 29.8 Å². The Balaban J connectivity index is 1.54. The third-order valence-electron chi connectivity index (χ3n) is 5.90. The fourth-order valence-corrected chi connectivity index (χ4v) is 6.01. The Kier molecular flexibility index (Phi) is 6.31. The number of benzene rings is 2. The highest BCUT2D eigenvalue weighted by Gasteiger charge is 2.40. The van der Waals surface area contributed by atoms with Gasteiger partial charge in [-0.2, -0.15) is 4.31 Å². The van der Waals surface area contributed by atoms with Gasteiger partial charge in [-0.1, -0.05) is 12.1 Å². The predicted octanol–water partition coefficient (Wildman–Crippen LogP) is 2.19. The van der Waals surface area contributed by atoms with Crippen molar-refractivity contribution in [2.75, 3.05) is 19.0 Å². The molecule has 10 heteroatoms. The molecule has 1 fully saturated rings. The van der Waals surface area contributed by atoms with Gasteiger partial charge in [-0.25, -0.2) is 8.42 Å². The number of sulfonamides is 1. The van der Waals surface area contributed by atoms with E-state index in [1.54, 1.807) is 27.0 Å². The topological polar surface area (TPSA) is 114 Å². The fourth-order valence-electron chi connectivity index (χ4n) is 4.13. The van der Waals surface area contributed by atoms with E-state index in [9.17, 15) is 18.0 Å². The molecule has 33 heavy (non-hydrogen) atoms. The number of hydrogen-bond donors (Lipinski definition) is 2. The van der Waals surface area contributed by atoms with Crippen molar-refractivity contribution >= 4 is 27.5 Å². The molecule has 0 aliphatic carbocycles. The number of methoxy groups -OCH3 is 1. The van der Waals surface area contributed by atoms with Crippen LogP contribution in [0.5, 0.6) is 11.5 Å². The second kappa shape index (κ2) is 9.03. The molecular weight excluding hydrogens is 446 g/mol. The van der Waals surface area contributed by atoms with Crippen molar-refractivity contribution in [3.05, 3.63) is 47.5 Å². The van der Waals surface area contributed by atoms with Crippen LogP contribution in [0.4, 0.5) is 5.69 Å². The maximum atomic E-state index is 13.5. The summed E-state index contributed by atoms with van der Waals surface area (Å²) in [5.41, 5.74) is 1.76. The summed E-state index contributed by atoms with van der Waals surface area (Å²) < 4.78 is 39.1. The zero-order valence-electron chi connectivity index (χ0n) is 18.8. The summed E-state index contributed by atoms with van der Waals surface area (Å²) in [5, 5.41) is 5.57. The molecular formula is C23H27N3O6S. The molecule has 2 aliphatic rings. The predicted molar refractivity (Wildman–Crippen MR) is 122 cm³/mol. The van der Waals surface area contributed by atoms with E-state index >= 15 is 0 Å². The lowest BCUT2D eigenvalue weighted by Crippen LogP contribution is -2.45. The van der Waals surface area contributed by atoms with Crippen molar-refractivity contribution in [1.29, 1.82) is 0 Å². The second-order valence-electron chi connectivity index (χ2n) is 8.21. The van der Waals surface area contributed by atoms with Gasteiger partial charge in [0.25, 0.3) is 5.91 Å². The molecule has 1 saturated heterocycles. The average molecular weight is 474 g/mol. The van der Waals surface area contributed by atoms with Crippen molar-refractivity contribution in [3.8, 4) is 11.5 Å². The zero-order chi connectivity index (χ0) is 23.8. The number of aryl methyl sites for hydroxylation is 1. The van der Waals surface area contributed by atoms with Crippen LogP contribution in [-0.4, -0.2) is 50.3 Å². The number of nitrogens with one attached hydrogen (secondary N) is 2. The lowest BCUT2D eigenvalue weighted by Gasteiger charge is -2.27. The normalized spacial score (nSPS) is 20.5. The van der Waals surface area contributed by atoms with Gasteiger partial charge < -0.3 is 20.1 Å². The van der Waals surface area contributed by atoms with Crippen LogP contribution in [-0.2, 0) is 26.2 Å². The smallest absolute Gasteiger partial charge is 0.265 e. The molecule has 0 bridgehead atoms. The van der Waals surface area contributed by atoms with E-state index in [1.165, 1.54) is 10.4 Å². The third-order valence-corrected chi connectivity index (χ3v) is 7.95. The zero-order valence-corrected chi connectivity index (χ0v) is 19.6. The quantitative estimate of drug-likeness (QED) is 0.665. The molecule has 0 spiro atoms. The van der Waals surface area contributed by atoms with Gasteiger partial charge in [0.15, 0.2) is 6.10 Å². The number of ether oxygens (including phenoxy) is 2. The monoisotopic (exact) mass is 473 g/mol. The van der Waals surface area contributed by atoms with Gasteiger partial charge in [0.05, 0.1) is 17.7 Å². The van der Waals surface area contributed by atoms with Crippen LogP contribution in [0.2, 0.25) is 0 Å². The Morgan fingerprint density at radius 2 is 2.09 bits per heavy atom. The standard InChI is InChI=1S/C23H27N3O6S/c1-14-10-18-20(32-15(2)22(27)25-18)12-21(14)33(29,30)26-9-5-8-19(26)23(28)24-13-16-6-4-7-17(11-16)31-3/h4,6-7,10-12,15,19H,5,8-9,13H2,1-3H3,(H,24,28)(H,25,27)/t15-,19+/m0/s1. The molecule has 2 aliphatic heterocycles. The van der Waals surface area contributed by atoms with Crippen LogP contribution in [0.3, 0.4) is 0 Å². The maximum Gasteiger partial charge on any atom is 0.265 e. The van der Waals surface area contributed by atoms with Crippen LogP contribution < -0.4 is 20.1 Å². The molecule has 4 rings (SSSR count). The molecule has 0 saturated carbocycles. The Morgan fingerprint density at radius 3 is 2.85 bits per heavy atom. The maximum absolute atomic E-state index is 13.5. The summed E-state index contributed by atoms with van der Waals surface area (Å²) >= 11 is 0. The Bertz CT molecular complexity index is 1200. The average Bonchev–Trinajstić information content (AvgIpc) is 3.29. The molecule has 2 atom stereocenters. The number of rotatable bonds is 6. The first-order chi connectivity index (χ1) is 15.7. The Morgan fingerprint density at radius 1 is 1.30 bits per heavy atom. The van der Waals surface area contributed by atoms with Crippen LogP contribution in [0.1, 0.15) is 30.9 Å². The molecule has 9 nitrogen and oxygen atoms in total. The molecule has 2 N–H and O–H groups in total. The fraction of sp³-hybridized carbons (Fsp3) is 0.391. The molecule has 0 aromatic heterocycles. The van der Waals surface area contributed by atoms with Gasteiger partial charge in [-0.3, -0.25) is 9.59 Å². The highest BCUT2D eigenvalue weighted by molar-refractivity contribution is 7.89. The van der Waals surface area contributed by atoms with Crippen LogP contribution in [0, 0.1) is 6.92 Å². The minimum absolute atomic E-state index is 0.0668.